The van der Waals surface area contributed by atoms with E-state index >= 15 is 0 Å². The monoisotopic (exact) mass is 658 g/mol. The summed E-state index contributed by atoms with van der Waals surface area (Å²) >= 11 is 6.28. The second-order valence-electron chi connectivity index (χ2n) is 11.8. The average molecular weight is 659 g/mol. The molecule has 0 radical (unpaired) electrons. The van der Waals surface area contributed by atoms with Crippen molar-refractivity contribution in [2.24, 2.45) is 17.8 Å². The van der Waals surface area contributed by atoms with Gasteiger partial charge in [-0.3, -0.25) is 9.59 Å². The molecule has 0 saturated heterocycles. The summed E-state index contributed by atoms with van der Waals surface area (Å²) in [6, 6.07) is 3.93. The number of halogens is 4. The molecule has 2 aromatic rings. The van der Waals surface area contributed by atoms with Crippen molar-refractivity contribution in [3.05, 3.63) is 58.4 Å². The molecule has 0 spiro atoms. The smallest absolute Gasteiger partial charge is 0.407 e. The predicted molar refractivity (Wildman–Crippen MR) is 156 cm³/mol. The van der Waals surface area contributed by atoms with E-state index in [1.165, 1.54) is 19.2 Å². The van der Waals surface area contributed by atoms with Crippen LogP contribution in [-0.2, 0) is 19.4 Å². The maximum Gasteiger partial charge on any atom is 0.407 e. The first-order valence-electron chi connectivity index (χ1n) is 14.2. The third-order valence-corrected chi connectivity index (χ3v) is 11.5. The Bertz CT molecular complexity index is 1530. The van der Waals surface area contributed by atoms with E-state index in [0.29, 0.717) is 25.0 Å². The Hall–Kier alpha value is -3.16. The predicted octanol–water partition coefficient (Wildman–Crippen LogP) is 5.43. The first kappa shape index (κ1) is 33.7. The number of amides is 2. The van der Waals surface area contributed by atoms with Gasteiger partial charge < -0.3 is 20.5 Å². The number of fused-ring (bicyclic) bond motifs is 2. The molecule has 2 aromatic carbocycles. The molecule has 2 saturated carbocycles. The lowest BCUT2D eigenvalue weighted by Crippen LogP contribution is -2.49. The van der Waals surface area contributed by atoms with Crippen molar-refractivity contribution in [1.82, 2.24) is 5.32 Å². The lowest BCUT2D eigenvalue weighted by molar-refractivity contribution is -0.125. The van der Waals surface area contributed by atoms with Crippen LogP contribution < -0.4 is 10.6 Å². The molecule has 0 heterocycles. The van der Waals surface area contributed by atoms with Gasteiger partial charge in [-0.25, -0.2) is 26.4 Å². The van der Waals surface area contributed by atoms with Crippen LogP contribution in [0, 0.1) is 35.2 Å². The minimum atomic E-state index is -4.11. The first-order valence-corrected chi connectivity index (χ1v) is 16.1. The fourth-order valence-electron chi connectivity index (χ4n) is 6.43. The summed E-state index contributed by atoms with van der Waals surface area (Å²) in [6.07, 6.45) is 0.711. The maximum atomic E-state index is 13.8. The summed E-state index contributed by atoms with van der Waals surface area (Å²) in [6.45, 7) is 3.55. The molecule has 44 heavy (non-hydrogen) atoms. The van der Waals surface area contributed by atoms with Gasteiger partial charge in [0.25, 0.3) is 5.91 Å². The van der Waals surface area contributed by atoms with Crippen LogP contribution in [0.1, 0.15) is 62.7 Å². The molecule has 9 nitrogen and oxygen atoms in total. The Morgan fingerprint density at radius 2 is 1.66 bits per heavy atom. The molecule has 0 aromatic heterocycles. The quantitative estimate of drug-likeness (QED) is 0.289. The average Bonchev–Trinajstić information content (AvgIpc) is 3.11. The molecule has 5 atom stereocenters. The third-order valence-electron chi connectivity index (χ3n) is 8.80. The van der Waals surface area contributed by atoms with Crippen molar-refractivity contribution in [3.63, 3.8) is 0 Å². The van der Waals surface area contributed by atoms with E-state index in [9.17, 15) is 41.1 Å². The zero-order valence-electron chi connectivity index (χ0n) is 24.3. The van der Waals surface area contributed by atoms with Crippen LogP contribution in [0.25, 0.3) is 0 Å². The number of anilines is 1. The molecule has 2 bridgehead atoms. The molecular formula is C30H34ClF3N2O7S. The molecule has 3 N–H and O–H groups in total. The molecule has 2 fully saturated rings. The summed E-state index contributed by atoms with van der Waals surface area (Å²) in [7, 11) is -2.91. The highest BCUT2D eigenvalue weighted by Gasteiger charge is 2.55. The minimum Gasteiger partial charge on any atom is -0.453 e. The van der Waals surface area contributed by atoms with Gasteiger partial charge in [0.15, 0.2) is 33.1 Å². The largest absolute Gasteiger partial charge is 0.453 e. The van der Waals surface area contributed by atoms with Gasteiger partial charge in [0.1, 0.15) is 0 Å². The fourth-order valence-corrected chi connectivity index (χ4v) is 8.83. The van der Waals surface area contributed by atoms with Crippen LogP contribution in [0.4, 0.5) is 23.7 Å². The summed E-state index contributed by atoms with van der Waals surface area (Å²) in [5, 5.41) is 15.4. The van der Waals surface area contributed by atoms with Gasteiger partial charge in [-0.15, -0.1) is 0 Å². The highest BCUT2D eigenvalue weighted by Crippen LogP contribution is 2.54. The minimum absolute atomic E-state index is 0.0153. The van der Waals surface area contributed by atoms with Crippen LogP contribution in [-0.4, -0.2) is 55.3 Å². The summed E-state index contributed by atoms with van der Waals surface area (Å²) < 4.78 is 72.7. The molecule has 0 aliphatic heterocycles. The van der Waals surface area contributed by atoms with Gasteiger partial charge in [0.2, 0.25) is 0 Å². The molecule has 240 valence electrons. The molecule has 2 amide bonds. The number of hydrogen-bond acceptors (Lipinski definition) is 7. The van der Waals surface area contributed by atoms with Crippen molar-refractivity contribution in [3.8, 4) is 0 Å². The van der Waals surface area contributed by atoms with Crippen LogP contribution in [0.2, 0.25) is 5.02 Å². The Morgan fingerprint density at radius 3 is 2.20 bits per heavy atom. The van der Waals surface area contributed by atoms with Gasteiger partial charge in [-0.2, -0.15) is 0 Å². The number of benzene rings is 2. The van der Waals surface area contributed by atoms with Gasteiger partial charge in [-0.05, 0) is 68.1 Å². The molecular weight excluding hydrogens is 625 g/mol. The lowest BCUT2D eigenvalue weighted by Gasteiger charge is -2.42. The summed E-state index contributed by atoms with van der Waals surface area (Å²) in [5.41, 5.74) is -1.79. The third kappa shape index (κ3) is 6.74. The van der Waals surface area contributed by atoms with Crippen molar-refractivity contribution >= 4 is 44.9 Å². The number of ether oxygens (including phenoxy) is 1. The number of alkyl carbamates (subject to hydrolysis) is 1. The van der Waals surface area contributed by atoms with E-state index in [1.54, 1.807) is 13.8 Å². The second-order valence-corrected chi connectivity index (χ2v) is 14.4. The highest BCUT2D eigenvalue weighted by atomic mass is 35.5. The number of Topliss-reactive ketones (excluding diaryl/α,β-unsaturated/α-hetero) is 1. The van der Waals surface area contributed by atoms with E-state index in [2.05, 4.69) is 15.4 Å². The Balaban J connectivity index is 1.49. The van der Waals surface area contributed by atoms with Crippen molar-refractivity contribution in [2.45, 2.75) is 74.2 Å². The number of hydrogen-bond donors (Lipinski definition) is 3. The number of carbonyl (C=O) groups is 3. The number of methoxy groups -OCH3 is 1. The van der Waals surface area contributed by atoms with Crippen molar-refractivity contribution in [2.75, 3.05) is 12.4 Å². The van der Waals surface area contributed by atoms with Gasteiger partial charge in [0, 0.05) is 29.8 Å². The standard InChI is InChI=1S/C30H34ClF3N2O7S/c1-15(2)27(36-29(39)43-3)24(37)8-9-30(40)17-5-6-18(30)12-20(11-17)44(41,42)25-10-16(4-7-21(25)31)28(38)35-19-13-22(32)26(34)23(33)14-19/h4,7,10,13-15,17-18,20,27,40H,5-6,8-9,11-12H2,1-3H3,(H,35,38)(H,36,39)/t17-,18?,20?,27-,30?/m0/s1. The highest BCUT2D eigenvalue weighted by molar-refractivity contribution is 7.92. The zero-order valence-corrected chi connectivity index (χ0v) is 25.9. The number of aliphatic hydroxyl groups is 1. The van der Waals surface area contributed by atoms with E-state index in [0.717, 1.165) is 6.07 Å². The molecule has 14 heteroatoms. The molecule has 3 unspecified atom stereocenters. The number of rotatable bonds is 10. The van der Waals surface area contributed by atoms with Gasteiger partial charge >= 0.3 is 6.09 Å². The first-order chi connectivity index (χ1) is 20.6. The number of nitrogens with one attached hydrogen (secondary N) is 2. The topological polar surface area (TPSA) is 139 Å². The van der Waals surface area contributed by atoms with Crippen molar-refractivity contribution in [1.29, 1.82) is 0 Å². The van der Waals surface area contributed by atoms with Gasteiger partial charge in [-0.1, -0.05) is 25.4 Å². The number of carbonyl (C=O) groups excluding carboxylic acids is 3. The molecule has 2 aliphatic rings. The Morgan fingerprint density at radius 1 is 1.07 bits per heavy atom. The summed E-state index contributed by atoms with van der Waals surface area (Å²) in [5.74, 6) is -6.90. The molecule has 4 rings (SSSR count). The number of sulfone groups is 1. The van der Waals surface area contributed by atoms with E-state index < -0.39 is 68.0 Å². The van der Waals surface area contributed by atoms with E-state index in [-0.39, 0.29) is 58.6 Å². The number of ketones is 1. The lowest BCUT2D eigenvalue weighted by atomic mass is 9.71. The van der Waals surface area contributed by atoms with Crippen LogP contribution in [0.5, 0.6) is 0 Å². The van der Waals surface area contributed by atoms with Crippen LogP contribution >= 0.6 is 11.6 Å². The SMILES string of the molecule is COC(=O)N[C@H](C(=O)CCC1(O)C2CC[C@H]1CC(S(=O)(=O)c1cc(C(=O)Nc3cc(F)c(F)c(F)c3)ccc1Cl)C2)C(C)C. The second kappa shape index (κ2) is 13.1. The van der Waals surface area contributed by atoms with Crippen LogP contribution in [0.15, 0.2) is 35.2 Å². The van der Waals surface area contributed by atoms with E-state index in [4.69, 9.17) is 11.6 Å². The normalized spacial score (nSPS) is 23.7. The summed E-state index contributed by atoms with van der Waals surface area (Å²) in [4.78, 5) is 37.2. The fraction of sp³-hybridized carbons (Fsp3) is 0.500. The van der Waals surface area contributed by atoms with E-state index in [1.807, 2.05) is 0 Å². The maximum absolute atomic E-state index is 13.8. The van der Waals surface area contributed by atoms with Crippen LogP contribution in [0.3, 0.4) is 0 Å². The van der Waals surface area contributed by atoms with Crippen molar-refractivity contribution < 1.29 is 45.8 Å². The zero-order chi connectivity index (χ0) is 32.6. The Kier molecular flexibility index (Phi) is 10.0. The van der Waals surface area contributed by atoms with Gasteiger partial charge in [0.05, 0.1) is 33.9 Å². The Labute approximate surface area is 258 Å². The molecule has 2 aliphatic carbocycles.